The number of hydrogen-bond donors (Lipinski definition) is 1. The monoisotopic (exact) mass is 164 g/mol. The van der Waals surface area contributed by atoms with Crippen LogP contribution in [0.3, 0.4) is 0 Å². The molecule has 0 aliphatic heterocycles. The Hall–Kier alpha value is -1.73. The first-order valence-corrected chi connectivity index (χ1v) is 3.37. The van der Waals surface area contributed by atoms with Gasteiger partial charge in [0.15, 0.2) is 5.95 Å². The molecular formula is C9H8O3. The van der Waals surface area contributed by atoms with Crippen LogP contribution in [0, 0.1) is 6.08 Å². The van der Waals surface area contributed by atoms with Crippen LogP contribution in [0.5, 0.6) is 5.75 Å². The van der Waals surface area contributed by atoms with E-state index < -0.39 is 5.95 Å². The van der Waals surface area contributed by atoms with Gasteiger partial charge in [0.05, 0.1) is 12.1 Å². The summed E-state index contributed by atoms with van der Waals surface area (Å²) in [4.78, 5) is 0. The molecule has 1 aromatic rings. The number of para-hydroxylation sites is 1. The molecule has 1 N–H and O–H groups in total. The number of benzene rings is 1. The van der Waals surface area contributed by atoms with E-state index in [1.54, 1.807) is 18.2 Å². The second-order valence-corrected chi connectivity index (χ2v) is 2.13. The molecule has 0 saturated heterocycles. The number of hydrogen-bond acceptors (Lipinski definition) is 3. The fraction of sp³-hybridized carbons (Fsp3) is 0.111. The Balaban J connectivity index is 2.96. The standard InChI is InChI=1S/C9H8O3/c1-12-9(11)6-7-4-2-3-5-8(7)10/h2-5H,1H3,(H-,10,11). The van der Waals surface area contributed by atoms with Gasteiger partial charge in [0.25, 0.3) is 0 Å². The van der Waals surface area contributed by atoms with Gasteiger partial charge in [-0.05, 0) is 19.2 Å². The molecule has 0 atom stereocenters. The van der Waals surface area contributed by atoms with E-state index in [1.165, 1.54) is 13.2 Å². The summed E-state index contributed by atoms with van der Waals surface area (Å²) in [6, 6.07) is 6.42. The molecule has 3 nitrogen and oxygen atoms in total. The van der Waals surface area contributed by atoms with Crippen molar-refractivity contribution in [2.75, 3.05) is 7.11 Å². The highest BCUT2D eigenvalue weighted by Gasteiger charge is 2.06. The summed E-state index contributed by atoms with van der Waals surface area (Å²) >= 11 is 0. The average Bonchev–Trinajstić information content (AvgIpc) is 2.09. The molecule has 0 amide bonds. The largest absolute Gasteiger partial charge is 0.601 e. The van der Waals surface area contributed by atoms with E-state index in [-0.39, 0.29) is 5.75 Å². The maximum atomic E-state index is 10.7. The number of ether oxygens (including phenoxy) is 1. The third kappa shape index (κ3) is 1.87. The molecule has 0 aromatic heterocycles. The topological polar surface area (TPSA) is 52.5 Å². The minimum atomic E-state index is -0.600. The first kappa shape index (κ1) is 8.37. The Labute approximate surface area is 70.5 Å². The normalized spacial score (nSPS) is 10.6. The summed E-state index contributed by atoms with van der Waals surface area (Å²) in [5.41, 5.74) is 0.337. The number of phenols is 1. The van der Waals surface area contributed by atoms with Gasteiger partial charge in [-0.15, -0.1) is 0 Å². The molecule has 0 bridgehead atoms. The minimum Gasteiger partial charge on any atom is -0.601 e. The lowest BCUT2D eigenvalue weighted by Crippen LogP contribution is -2.05. The maximum Gasteiger partial charge on any atom is 0.238 e. The van der Waals surface area contributed by atoms with Crippen LogP contribution in [0.2, 0.25) is 0 Å². The van der Waals surface area contributed by atoms with Crippen LogP contribution >= 0.6 is 0 Å². The summed E-state index contributed by atoms with van der Waals surface area (Å²) in [5, 5.41) is 19.9. The van der Waals surface area contributed by atoms with Crippen molar-refractivity contribution in [2.45, 2.75) is 0 Å². The Morgan fingerprint density at radius 1 is 1.50 bits per heavy atom. The molecule has 12 heavy (non-hydrogen) atoms. The molecule has 1 aromatic carbocycles. The van der Waals surface area contributed by atoms with Crippen LogP contribution in [-0.2, 0) is 4.74 Å². The number of methoxy groups -OCH3 is 1. The van der Waals surface area contributed by atoms with Crippen LogP contribution in [0.4, 0.5) is 0 Å². The number of phenolic OH excluding ortho intramolecular Hbond substituents is 1. The predicted octanol–water partition coefficient (Wildman–Crippen LogP) is 0.392. The zero-order valence-corrected chi connectivity index (χ0v) is 6.57. The van der Waals surface area contributed by atoms with E-state index in [1.807, 2.05) is 0 Å². The molecular weight excluding hydrogens is 156 g/mol. The molecule has 0 unspecified atom stereocenters. The Morgan fingerprint density at radius 3 is 2.75 bits per heavy atom. The summed E-state index contributed by atoms with van der Waals surface area (Å²) in [6.07, 6.45) is 2.35. The summed E-state index contributed by atoms with van der Waals surface area (Å²) in [6.45, 7) is 0. The third-order valence-electron chi connectivity index (χ3n) is 1.33. The Kier molecular flexibility index (Phi) is 2.51. The minimum absolute atomic E-state index is 0.0166. The van der Waals surface area contributed by atoms with E-state index in [4.69, 9.17) is 0 Å². The van der Waals surface area contributed by atoms with E-state index in [9.17, 15) is 10.2 Å². The highest BCUT2D eigenvalue weighted by atomic mass is 16.6. The SMILES string of the molecule is COC([O-])=[C+]c1ccccc1O. The summed E-state index contributed by atoms with van der Waals surface area (Å²) < 4.78 is 4.35. The first-order chi connectivity index (χ1) is 5.74. The van der Waals surface area contributed by atoms with Crippen molar-refractivity contribution in [2.24, 2.45) is 0 Å². The fourth-order valence-corrected chi connectivity index (χ4v) is 0.740. The van der Waals surface area contributed by atoms with Gasteiger partial charge in [-0.3, -0.25) is 0 Å². The van der Waals surface area contributed by atoms with E-state index in [2.05, 4.69) is 10.8 Å². The third-order valence-corrected chi connectivity index (χ3v) is 1.33. The Morgan fingerprint density at radius 2 is 2.17 bits per heavy atom. The zero-order valence-electron chi connectivity index (χ0n) is 6.57. The molecule has 3 heteroatoms. The van der Waals surface area contributed by atoms with Crippen molar-refractivity contribution >= 4 is 0 Å². The van der Waals surface area contributed by atoms with Crippen LogP contribution in [0.25, 0.3) is 0 Å². The molecule has 0 aliphatic rings. The average molecular weight is 164 g/mol. The molecule has 0 saturated carbocycles. The lowest BCUT2D eigenvalue weighted by molar-refractivity contribution is -0.354. The molecule has 0 radical (unpaired) electrons. The van der Waals surface area contributed by atoms with Crippen molar-refractivity contribution in [3.8, 4) is 5.75 Å². The first-order valence-electron chi connectivity index (χ1n) is 3.37. The van der Waals surface area contributed by atoms with Gasteiger partial charge in [-0.1, -0.05) is 0 Å². The van der Waals surface area contributed by atoms with Crippen LogP contribution in [0.15, 0.2) is 30.2 Å². The Bertz CT molecular complexity index is 292. The molecule has 0 fully saturated rings. The van der Waals surface area contributed by atoms with Gasteiger partial charge in [0.1, 0.15) is 0 Å². The summed E-state index contributed by atoms with van der Waals surface area (Å²) in [7, 11) is 1.26. The maximum absolute atomic E-state index is 10.7. The zero-order chi connectivity index (χ0) is 8.97. The smallest absolute Gasteiger partial charge is 0.238 e. The molecule has 1 rings (SSSR count). The van der Waals surface area contributed by atoms with Gasteiger partial charge >= 0.3 is 0 Å². The molecule has 0 aliphatic carbocycles. The molecule has 62 valence electrons. The number of rotatable bonds is 2. The van der Waals surface area contributed by atoms with Crippen molar-refractivity contribution in [3.05, 3.63) is 41.9 Å². The van der Waals surface area contributed by atoms with Gasteiger partial charge < -0.3 is 14.9 Å². The van der Waals surface area contributed by atoms with Gasteiger partial charge in [-0.25, -0.2) is 0 Å². The molecule has 0 heterocycles. The van der Waals surface area contributed by atoms with Crippen LogP contribution < -0.4 is 5.11 Å². The van der Waals surface area contributed by atoms with Crippen LogP contribution in [-0.4, -0.2) is 12.2 Å². The van der Waals surface area contributed by atoms with Crippen LogP contribution in [0.1, 0.15) is 5.56 Å². The van der Waals surface area contributed by atoms with E-state index >= 15 is 0 Å². The highest BCUT2D eigenvalue weighted by Crippen LogP contribution is 2.15. The highest BCUT2D eigenvalue weighted by molar-refractivity contribution is 5.36. The predicted molar refractivity (Wildman–Crippen MR) is 41.0 cm³/mol. The number of aromatic hydroxyl groups is 1. The van der Waals surface area contributed by atoms with E-state index in [0.717, 1.165) is 0 Å². The van der Waals surface area contributed by atoms with Gasteiger partial charge in [-0.2, -0.15) is 0 Å². The second-order valence-electron chi connectivity index (χ2n) is 2.13. The van der Waals surface area contributed by atoms with Crippen molar-refractivity contribution in [3.63, 3.8) is 0 Å². The lowest BCUT2D eigenvalue weighted by atomic mass is 10.2. The quantitative estimate of drug-likeness (QED) is 0.508. The van der Waals surface area contributed by atoms with Crippen molar-refractivity contribution in [1.29, 1.82) is 0 Å². The van der Waals surface area contributed by atoms with Gasteiger partial charge in [0, 0.05) is 6.07 Å². The van der Waals surface area contributed by atoms with E-state index in [0.29, 0.717) is 5.56 Å². The van der Waals surface area contributed by atoms with Gasteiger partial charge in [0.2, 0.25) is 11.3 Å². The fourth-order valence-electron chi connectivity index (χ4n) is 0.740. The molecule has 0 spiro atoms. The lowest BCUT2D eigenvalue weighted by Gasteiger charge is -2.00. The second kappa shape index (κ2) is 3.60. The summed E-state index contributed by atoms with van der Waals surface area (Å²) in [5.74, 6) is -0.584. The van der Waals surface area contributed by atoms with Crippen molar-refractivity contribution < 1.29 is 14.9 Å². The van der Waals surface area contributed by atoms with Crippen molar-refractivity contribution in [1.82, 2.24) is 0 Å².